The van der Waals surface area contributed by atoms with Crippen LogP contribution in [-0.2, 0) is 10.2 Å². The zero-order valence-electron chi connectivity index (χ0n) is 10.6. The van der Waals surface area contributed by atoms with E-state index in [-0.39, 0.29) is 23.4 Å². The quantitative estimate of drug-likeness (QED) is 0.734. The molecule has 0 aliphatic heterocycles. The van der Waals surface area contributed by atoms with Gasteiger partial charge in [-0.05, 0) is 32.0 Å². The molecule has 0 aliphatic rings. The molecule has 0 saturated carbocycles. The monoisotopic (exact) mass is 302 g/mol. The van der Waals surface area contributed by atoms with Crippen molar-refractivity contribution in [3.63, 3.8) is 0 Å². The van der Waals surface area contributed by atoms with E-state index in [1.54, 1.807) is 19.9 Å². The van der Waals surface area contributed by atoms with Crippen LogP contribution in [0.5, 0.6) is 0 Å². The second-order valence-electron chi connectivity index (χ2n) is 4.03. The van der Waals surface area contributed by atoms with E-state index in [2.05, 4.69) is 21.3 Å². The maximum Gasteiger partial charge on any atom is 0.299 e. The van der Waals surface area contributed by atoms with Crippen LogP contribution in [0.15, 0.2) is 18.2 Å². The van der Waals surface area contributed by atoms with E-state index in [9.17, 15) is 8.42 Å². The van der Waals surface area contributed by atoms with Gasteiger partial charge in [0, 0.05) is 11.6 Å². The molecule has 7 heteroatoms. The second kappa shape index (κ2) is 6.78. The summed E-state index contributed by atoms with van der Waals surface area (Å²) in [5.74, 6) is 5.15. The lowest BCUT2D eigenvalue weighted by atomic mass is 10.2. The van der Waals surface area contributed by atoms with E-state index in [1.165, 1.54) is 12.1 Å². The van der Waals surface area contributed by atoms with Crippen molar-refractivity contribution >= 4 is 27.5 Å². The SMILES string of the molecule is CC(C)NS(=O)(=O)Nc1cc(C#CCO)ccc1Cl. The predicted molar refractivity (Wildman–Crippen MR) is 76.2 cm³/mol. The number of benzene rings is 1. The minimum atomic E-state index is -3.68. The van der Waals surface area contributed by atoms with E-state index in [4.69, 9.17) is 16.7 Å². The number of anilines is 1. The fraction of sp³-hybridized carbons (Fsp3) is 0.333. The van der Waals surface area contributed by atoms with Crippen molar-refractivity contribution in [2.45, 2.75) is 19.9 Å². The number of aliphatic hydroxyl groups is 1. The lowest BCUT2D eigenvalue weighted by molar-refractivity contribution is 0.350. The Morgan fingerprint density at radius 2 is 2.11 bits per heavy atom. The molecular weight excluding hydrogens is 288 g/mol. The molecule has 0 spiro atoms. The van der Waals surface area contributed by atoms with Crippen LogP contribution < -0.4 is 9.44 Å². The van der Waals surface area contributed by atoms with Gasteiger partial charge in [-0.25, -0.2) is 0 Å². The van der Waals surface area contributed by atoms with Crippen molar-refractivity contribution in [1.29, 1.82) is 0 Å². The molecule has 0 heterocycles. The fourth-order valence-electron chi connectivity index (χ4n) is 1.31. The van der Waals surface area contributed by atoms with Crippen molar-refractivity contribution in [3.8, 4) is 11.8 Å². The van der Waals surface area contributed by atoms with E-state index in [1.807, 2.05) is 0 Å². The molecule has 5 nitrogen and oxygen atoms in total. The summed E-state index contributed by atoms with van der Waals surface area (Å²) in [4.78, 5) is 0. The first-order chi connectivity index (χ1) is 8.84. The summed E-state index contributed by atoms with van der Waals surface area (Å²) in [7, 11) is -3.68. The molecule has 3 N–H and O–H groups in total. The minimum Gasteiger partial charge on any atom is -0.384 e. The summed E-state index contributed by atoms with van der Waals surface area (Å²) < 4.78 is 28.2. The smallest absolute Gasteiger partial charge is 0.299 e. The van der Waals surface area contributed by atoms with E-state index in [0.29, 0.717) is 5.56 Å². The van der Waals surface area contributed by atoms with Gasteiger partial charge in [-0.15, -0.1) is 0 Å². The number of rotatable bonds is 4. The zero-order chi connectivity index (χ0) is 14.5. The van der Waals surface area contributed by atoms with Crippen LogP contribution in [0, 0.1) is 11.8 Å². The molecule has 0 saturated heterocycles. The van der Waals surface area contributed by atoms with E-state index in [0.717, 1.165) is 0 Å². The van der Waals surface area contributed by atoms with Gasteiger partial charge in [0.2, 0.25) is 0 Å². The lowest BCUT2D eigenvalue weighted by Gasteiger charge is -2.12. The molecule has 0 amide bonds. The van der Waals surface area contributed by atoms with Gasteiger partial charge in [0.05, 0.1) is 10.7 Å². The van der Waals surface area contributed by atoms with Crippen molar-refractivity contribution in [3.05, 3.63) is 28.8 Å². The molecule has 1 aromatic rings. The van der Waals surface area contributed by atoms with Gasteiger partial charge in [0.1, 0.15) is 6.61 Å². The Labute approximate surface area is 118 Å². The highest BCUT2D eigenvalue weighted by molar-refractivity contribution is 7.90. The predicted octanol–water partition coefficient (Wildman–Crippen LogP) is 1.34. The van der Waals surface area contributed by atoms with Gasteiger partial charge >= 0.3 is 0 Å². The Morgan fingerprint density at radius 1 is 1.42 bits per heavy atom. The summed E-state index contributed by atoms with van der Waals surface area (Å²) in [5, 5.41) is 8.88. The van der Waals surface area contributed by atoms with Crippen LogP contribution in [-0.4, -0.2) is 26.2 Å². The molecule has 1 rings (SSSR count). The van der Waals surface area contributed by atoms with Gasteiger partial charge in [-0.3, -0.25) is 4.72 Å². The van der Waals surface area contributed by atoms with E-state index >= 15 is 0 Å². The van der Waals surface area contributed by atoms with Crippen molar-refractivity contribution in [1.82, 2.24) is 4.72 Å². The van der Waals surface area contributed by atoms with Crippen LogP contribution in [0.1, 0.15) is 19.4 Å². The highest BCUT2D eigenvalue weighted by Crippen LogP contribution is 2.23. The van der Waals surface area contributed by atoms with Gasteiger partial charge in [0.15, 0.2) is 0 Å². The molecule has 0 aromatic heterocycles. The molecule has 0 aliphatic carbocycles. The molecule has 0 radical (unpaired) electrons. The van der Waals surface area contributed by atoms with Crippen molar-refractivity contribution < 1.29 is 13.5 Å². The first-order valence-electron chi connectivity index (χ1n) is 5.53. The Hall–Kier alpha value is -1.26. The summed E-state index contributed by atoms with van der Waals surface area (Å²) in [6, 6.07) is 4.45. The topological polar surface area (TPSA) is 78.4 Å². The Bertz CT molecular complexity index is 603. The summed E-state index contributed by atoms with van der Waals surface area (Å²) in [6.45, 7) is 3.16. The third-order valence-corrected chi connectivity index (χ3v) is 3.51. The second-order valence-corrected chi connectivity index (χ2v) is 5.89. The zero-order valence-corrected chi connectivity index (χ0v) is 12.1. The maximum atomic E-state index is 11.7. The Kier molecular flexibility index (Phi) is 5.63. The number of nitrogens with one attached hydrogen (secondary N) is 2. The molecule has 0 atom stereocenters. The van der Waals surface area contributed by atoms with Gasteiger partial charge in [0.25, 0.3) is 10.2 Å². The molecule has 0 unspecified atom stereocenters. The number of aliphatic hydroxyl groups excluding tert-OH is 1. The number of hydrogen-bond donors (Lipinski definition) is 3. The normalized spacial score (nSPS) is 11.0. The molecule has 19 heavy (non-hydrogen) atoms. The lowest BCUT2D eigenvalue weighted by Crippen LogP contribution is -2.35. The highest BCUT2D eigenvalue weighted by Gasteiger charge is 2.13. The van der Waals surface area contributed by atoms with Crippen LogP contribution in [0.3, 0.4) is 0 Å². The largest absolute Gasteiger partial charge is 0.384 e. The molecule has 1 aromatic carbocycles. The fourth-order valence-corrected chi connectivity index (χ4v) is 2.67. The average Bonchev–Trinajstić information content (AvgIpc) is 2.28. The molecule has 0 bridgehead atoms. The Morgan fingerprint density at radius 3 is 2.68 bits per heavy atom. The number of halogens is 1. The molecule has 0 fully saturated rings. The van der Waals surface area contributed by atoms with Gasteiger partial charge in [-0.1, -0.05) is 23.4 Å². The van der Waals surface area contributed by atoms with Crippen LogP contribution in [0.4, 0.5) is 5.69 Å². The summed E-state index contributed by atoms with van der Waals surface area (Å²) in [6.07, 6.45) is 0. The van der Waals surface area contributed by atoms with Crippen molar-refractivity contribution in [2.75, 3.05) is 11.3 Å². The molecular formula is C12H15ClN2O3S. The minimum absolute atomic E-state index is 0.228. The average molecular weight is 303 g/mol. The van der Waals surface area contributed by atoms with Crippen LogP contribution in [0.25, 0.3) is 0 Å². The third-order valence-electron chi connectivity index (χ3n) is 1.91. The third kappa shape index (κ3) is 5.49. The number of hydrogen-bond acceptors (Lipinski definition) is 3. The van der Waals surface area contributed by atoms with Gasteiger partial charge < -0.3 is 5.11 Å². The van der Waals surface area contributed by atoms with Crippen LogP contribution >= 0.6 is 11.6 Å². The van der Waals surface area contributed by atoms with Gasteiger partial charge in [-0.2, -0.15) is 13.1 Å². The molecule has 104 valence electrons. The Balaban J connectivity index is 3.00. The van der Waals surface area contributed by atoms with Crippen molar-refractivity contribution in [2.24, 2.45) is 0 Å². The first-order valence-corrected chi connectivity index (χ1v) is 7.39. The summed E-state index contributed by atoms with van der Waals surface area (Å²) in [5.41, 5.74) is 0.792. The first kappa shape index (κ1) is 15.8. The highest BCUT2D eigenvalue weighted by atomic mass is 35.5. The standard InChI is InChI=1S/C12H15ClN2O3S/c1-9(2)14-19(17,18)15-12-8-10(4-3-7-16)5-6-11(12)13/h5-6,8-9,14-16H,7H2,1-2H3. The van der Waals surface area contributed by atoms with E-state index < -0.39 is 10.2 Å². The summed E-state index contributed by atoms with van der Waals surface area (Å²) >= 11 is 5.92. The maximum absolute atomic E-state index is 11.7. The van der Waals surface area contributed by atoms with Crippen LogP contribution in [0.2, 0.25) is 5.02 Å².